The van der Waals surface area contributed by atoms with Crippen molar-refractivity contribution >= 4 is 24.0 Å². The van der Waals surface area contributed by atoms with Crippen LogP contribution in [0.4, 0.5) is 5.69 Å². The molecule has 0 aliphatic heterocycles. The predicted molar refractivity (Wildman–Crippen MR) is 62.1 cm³/mol. The smallest absolute Gasteiger partial charge is 0.250 e. The SMILES string of the molecule is COCC(=O)Nc1cccc(CN)c1.Cl. The molecule has 5 heteroatoms. The summed E-state index contributed by atoms with van der Waals surface area (Å²) in [5.74, 6) is -0.165. The van der Waals surface area contributed by atoms with Crippen LogP contribution < -0.4 is 11.1 Å². The van der Waals surface area contributed by atoms with Gasteiger partial charge in [0, 0.05) is 19.3 Å². The Hall–Kier alpha value is -1.10. The normalized spacial score (nSPS) is 9.20. The summed E-state index contributed by atoms with van der Waals surface area (Å²) in [6, 6.07) is 7.41. The third kappa shape index (κ3) is 4.78. The highest BCUT2D eigenvalue weighted by molar-refractivity contribution is 5.91. The molecule has 0 saturated carbocycles. The maximum absolute atomic E-state index is 11.1. The Morgan fingerprint density at radius 1 is 1.53 bits per heavy atom. The van der Waals surface area contributed by atoms with Gasteiger partial charge in [0.1, 0.15) is 6.61 Å². The molecule has 0 spiro atoms. The van der Waals surface area contributed by atoms with Crippen LogP contribution in [-0.2, 0) is 16.1 Å². The third-order valence-electron chi connectivity index (χ3n) is 1.72. The number of halogens is 1. The van der Waals surface area contributed by atoms with Gasteiger partial charge in [-0.05, 0) is 17.7 Å². The molecule has 0 aliphatic carbocycles. The van der Waals surface area contributed by atoms with Gasteiger partial charge in [-0.25, -0.2) is 0 Å². The average molecular weight is 231 g/mol. The van der Waals surface area contributed by atoms with E-state index < -0.39 is 0 Å². The van der Waals surface area contributed by atoms with E-state index in [9.17, 15) is 4.79 Å². The summed E-state index contributed by atoms with van der Waals surface area (Å²) in [4.78, 5) is 11.1. The molecule has 1 rings (SSSR count). The molecule has 0 heterocycles. The summed E-state index contributed by atoms with van der Waals surface area (Å²) in [6.07, 6.45) is 0. The average Bonchev–Trinajstić information content (AvgIpc) is 2.18. The van der Waals surface area contributed by atoms with Crippen LogP contribution in [0, 0.1) is 0 Å². The molecule has 0 bridgehead atoms. The minimum Gasteiger partial charge on any atom is -0.375 e. The number of carbonyl (C=O) groups excluding carboxylic acids is 1. The lowest BCUT2D eigenvalue weighted by atomic mass is 10.2. The number of hydrogen-bond donors (Lipinski definition) is 2. The first-order valence-electron chi connectivity index (χ1n) is 4.34. The molecular weight excluding hydrogens is 216 g/mol. The van der Waals surface area contributed by atoms with Gasteiger partial charge < -0.3 is 15.8 Å². The quantitative estimate of drug-likeness (QED) is 0.816. The van der Waals surface area contributed by atoms with Gasteiger partial charge in [0.25, 0.3) is 0 Å². The fraction of sp³-hybridized carbons (Fsp3) is 0.300. The molecule has 1 aromatic carbocycles. The van der Waals surface area contributed by atoms with Crippen LogP contribution in [0.5, 0.6) is 0 Å². The molecule has 0 unspecified atom stereocenters. The van der Waals surface area contributed by atoms with Gasteiger partial charge in [-0.3, -0.25) is 4.79 Å². The molecule has 0 fully saturated rings. The Morgan fingerprint density at radius 2 is 2.27 bits per heavy atom. The first kappa shape index (κ1) is 13.9. The van der Waals surface area contributed by atoms with Crippen molar-refractivity contribution in [1.29, 1.82) is 0 Å². The molecule has 0 radical (unpaired) electrons. The predicted octanol–water partition coefficient (Wildman–Crippen LogP) is 1.15. The maximum atomic E-state index is 11.1. The standard InChI is InChI=1S/C10H14N2O2.ClH/c1-14-7-10(13)12-9-4-2-3-8(5-9)6-11;/h2-5H,6-7,11H2,1H3,(H,12,13);1H. The summed E-state index contributed by atoms with van der Waals surface area (Å²) in [6.45, 7) is 0.529. The van der Waals surface area contributed by atoms with E-state index in [-0.39, 0.29) is 24.9 Å². The fourth-order valence-electron chi connectivity index (χ4n) is 1.10. The molecule has 15 heavy (non-hydrogen) atoms. The van der Waals surface area contributed by atoms with Gasteiger partial charge in [-0.1, -0.05) is 12.1 Å². The van der Waals surface area contributed by atoms with Crippen molar-refractivity contribution < 1.29 is 9.53 Å². The van der Waals surface area contributed by atoms with Gasteiger partial charge in [-0.15, -0.1) is 12.4 Å². The number of nitrogens with two attached hydrogens (primary N) is 1. The number of amides is 1. The van der Waals surface area contributed by atoms with Gasteiger partial charge in [0.2, 0.25) is 5.91 Å². The lowest BCUT2D eigenvalue weighted by Crippen LogP contribution is -2.17. The van der Waals surface area contributed by atoms with Gasteiger partial charge >= 0.3 is 0 Å². The first-order valence-corrected chi connectivity index (χ1v) is 4.34. The third-order valence-corrected chi connectivity index (χ3v) is 1.72. The van der Waals surface area contributed by atoms with Gasteiger partial charge in [0.15, 0.2) is 0 Å². The number of benzene rings is 1. The molecule has 3 N–H and O–H groups in total. The van der Waals surface area contributed by atoms with Gasteiger partial charge in [-0.2, -0.15) is 0 Å². The summed E-state index contributed by atoms with van der Waals surface area (Å²) < 4.78 is 4.70. The summed E-state index contributed by atoms with van der Waals surface area (Å²) in [5, 5.41) is 2.70. The van der Waals surface area contributed by atoms with E-state index in [0.29, 0.717) is 6.54 Å². The minimum atomic E-state index is -0.165. The van der Waals surface area contributed by atoms with E-state index in [1.165, 1.54) is 7.11 Å². The van der Waals surface area contributed by atoms with Crippen LogP contribution in [0.3, 0.4) is 0 Å². The molecule has 1 aromatic rings. The summed E-state index contributed by atoms with van der Waals surface area (Å²) >= 11 is 0. The van der Waals surface area contributed by atoms with E-state index in [0.717, 1.165) is 11.3 Å². The van der Waals surface area contributed by atoms with Crippen molar-refractivity contribution in [3.63, 3.8) is 0 Å². The Morgan fingerprint density at radius 3 is 2.87 bits per heavy atom. The van der Waals surface area contributed by atoms with E-state index in [1.54, 1.807) is 0 Å². The zero-order valence-corrected chi connectivity index (χ0v) is 9.34. The topological polar surface area (TPSA) is 64.3 Å². The molecular formula is C10H15ClN2O2. The van der Waals surface area contributed by atoms with Crippen LogP contribution in [0.1, 0.15) is 5.56 Å². The number of carbonyl (C=O) groups is 1. The van der Waals surface area contributed by atoms with Crippen LogP contribution in [0.15, 0.2) is 24.3 Å². The van der Waals surface area contributed by atoms with Crippen molar-refractivity contribution in [2.75, 3.05) is 19.0 Å². The highest BCUT2D eigenvalue weighted by atomic mass is 35.5. The molecule has 0 saturated heterocycles. The van der Waals surface area contributed by atoms with Crippen LogP contribution in [0.2, 0.25) is 0 Å². The summed E-state index contributed by atoms with van der Waals surface area (Å²) in [5.41, 5.74) is 7.20. The first-order chi connectivity index (χ1) is 6.76. The number of anilines is 1. The molecule has 1 amide bonds. The molecule has 84 valence electrons. The second kappa shape index (κ2) is 7.23. The largest absolute Gasteiger partial charge is 0.375 e. The van der Waals surface area contributed by atoms with Crippen molar-refractivity contribution in [2.45, 2.75) is 6.54 Å². The zero-order chi connectivity index (χ0) is 10.4. The van der Waals surface area contributed by atoms with Crippen molar-refractivity contribution in [3.8, 4) is 0 Å². The second-order valence-corrected chi connectivity index (χ2v) is 2.89. The van der Waals surface area contributed by atoms with Crippen molar-refractivity contribution in [3.05, 3.63) is 29.8 Å². The van der Waals surface area contributed by atoms with Crippen LogP contribution in [0.25, 0.3) is 0 Å². The zero-order valence-electron chi connectivity index (χ0n) is 8.53. The van der Waals surface area contributed by atoms with Gasteiger partial charge in [0.05, 0.1) is 0 Å². The molecule has 0 atom stereocenters. The van der Waals surface area contributed by atoms with E-state index in [4.69, 9.17) is 10.5 Å². The fourth-order valence-corrected chi connectivity index (χ4v) is 1.10. The maximum Gasteiger partial charge on any atom is 0.250 e. The Labute approximate surface area is 95.2 Å². The highest BCUT2D eigenvalue weighted by Gasteiger charge is 2.00. The Balaban J connectivity index is 0.00000196. The van der Waals surface area contributed by atoms with Crippen LogP contribution >= 0.6 is 12.4 Å². The Kier molecular flexibility index (Phi) is 6.70. The lowest BCUT2D eigenvalue weighted by molar-refractivity contribution is -0.119. The highest BCUT2D eigenvalue weighted by Crippen LogP contribution is 2.09. The van der Waals surface area contributed by atoms with E-state index >= 15 is 0 Å². The molecule has 0 aromatic heterocycles. The second-order valence-electron chi connectivity index (χ2n) is 2.89. The summed E-state index contributed by atoms with van der Waals surface area (Å²) in [7, 11) is 1.48. The van der Waals surface area contributed by atoms with Crippen molar-refractivity contribution in [2.24, 2.45) is 5.73 Å². The van der Waals surface area contributed by atoms with Crippen molar-refractivity contribution in [1.82, 2.24) is 0 Å². The lowest BCUT2D eigenvalue weighted by Gasteiger charge is -2.05. The number of hydrogen-bond acceptors (Lipinski definition) is 3. The number of ether oxygens (including phenoxy) is 1. The number of nitrogens with one attached hydrogen (secondary N) is 1. The van der Waals surface area contributed by atoms with Crippen LogP contribution in [-0.4, -0.2) is 19.6 Å². The molecule has 0 aliphatic rings. The number of rotatable bonds is 4. The Bertz CT molecular complexity index is 318. The monoisotopic (exact) mass is 230 g/mol. The minimum absolute atomic E-state index is 0. The van der Waals surface area contributed by atoms with E-state index in [2.05, 4.69) is 5.32 Å². The molecule has 4 nitrogen and oxygen atoms in total. The number of methoxy groups -OCH3 is 1. The van der Waals surface area contributed by atoms with E-state index in [1.807, 2.05) is 24.3 Å².